The molecule has 0 radical (unpaired) electrons. The van der Waals surface area contributed by atoms with Crippen molar-refractivity contribution in [3.05, 3.63) is 0 Å². The summed E-state index contributed by atoms with van der Waals surface area (Å²) in [5, 5.41) is 7.00. The van der Waals surface area contributed by atoms with Crippen LogP contribution in [0.4, 0.5) is 0 Å². The van der Waals surface area contributed by atoms with E-state index in [2.05, 4.69) is 6.92 Å². The van der Waals surface area contributed by atoms with Crippen molar-refractivity contribution in [1.82, 2.24) is 0 Å². The van der Waals surface area contributed by atoms with Gasteiger partial charge in [-0.25, -0.2) is 0 Å². The number of aliphatic hydroxyl groups is 1. The molecule has 3 N–H and O–H groups in total. The van der Waals surface area contributed by atoms with Crippen LogP contribution in [0.25, 0.3) is 0 Å². The van der Waals surface area contributed by atoms with Crippen molar-refractivity contribution in [3.63, 3.8) is 0 Å². The van der Waals surface area contributed by atoms with Crippen LogP contribution in [0.2, 0.25) is 0 Å². The first kappa shape index (κ1) is 13.1. The highest BCUT2D eigenvalue weighted by molar-refractivity contribution is 5.76. The topological polar surface area (TPSA) is 63.3 Å². The zero-order chi connectivity index (χ0) is 9.28. The standard InChI is InChI=1S/C7H15NO.CH4O/c1-3-4-5-6(2)7(8)9;1-2/h6H,3-5H2,1-2H3,(H2,8,9);2H,1H3. The number of hydrogen-bond acceptors (Lipinski definition) is 2. The van der Waals surface area contributed by atoms with Crippen LogP contribution in [0.5, 0.6) is 0 Å². The SMILES string of the molecule is CCCCC(C)C(N)=O.CO. The van der Waals surface area contributed by atoms with Gasteiger partial charge in [-0.15, -0.1) is 0 Å². The van der Waals surface area contributed by atoms with Crippen molar-refractivity contribution in [1.29, 1.82) is 0 Å². The molecule has 3 nitrogen and oxygen atoms in total. The van der Waals surface area contributed by atoms with Crippen LogP contribution in [0.3, 0.4) is 0 Å². The minimum atomic E-state index is -0.177. The van der Waals surface area contributed by atoms with Crippen LogP contribution >= 0.6 is 0 Å². The van der Waals surface area contributed by atoms with Gasteiger partial charge in [0.25, 0.3) is 0 Å². The Bertz CT molecular complexity index is 94.1. The largest absolute Gasteiger partial charge is 0.400 e. The number of rotatable bonds is 4. The number of primary amides is 1. The van der Waals surface area contributed by atoms with E-state index >= 15 is 0 Å². The Labute approximate surface area is 68.6 Å². The molecule has 1 unspecified atom stereocenters. The number of hydrogen-bond donors (Lipinski definition) is 2. The van der Waals surface area contributed by atoms with Gasteiger partial charge in [0.15, 0.2) is 0 Å². The maximum atomic E-state index is 10.4. The van der Waals surface area contributed by atoms with Gasteiger partial charge in [0.05, 0.1) is 0 Å². The second-order valence-electron chi connectivity index (χ2n) is 2.45. The van der Waals surface area contributed by atoms with E-state index in [9.17, 15) is 4.79 Å². The molecule has 0 aromatic carbocycles. The molecule has 0 rings (SSSR count). The Balaban J connectivity index is 0. The Morgan fingerprint density at radius 3 is 2.27 bits per heavy atom. The average molecular weight is 161 g/mol. The maximum Gasteiger partial charge on any atom is 0.220 e. The first-order valence-electron chi connectivity index (χ1n) is 3.92. The van der Waals surface area contributed by atoms with Gasteiger partial charge in [0, 0.05) is 13.0 Å². The number of aliphatic hydroxyl groups excluding tert-OH is 1. The molecule has 0 saturated heterocycles. The van der Waals surface area contributed by atoms with Gasteiger partial charge < -0.3 is 10.8 Å². The molecule has 0 aliphatic carbocycles. The summed E-state index contributed by atoms with van der Waals surface area (Å²) < 4.78 is 0. The number of unbranched alkanes of at least 4 members (excludes halogenated alkanes) is 1. The first-order valence-corrected chi connectivity index (χ1v) is 3.92. The van der Waals surface area contributed by atoms with E-state index in [4.69, 9.17) is 10.8 Å². The van der Waals surface area contributed by atoms with Crippen LogP contribution in [-0.4, -0.2) is 18.1 Å². The van der Waals surface area contributed by atoms with Crippen molar-refractivity contribution in [2.75, 3.05) is 7.11 Å². The molecule has 0 bridgehead atoms. The monoisotopic (exact) mass is 161 g/mol. The van der Waals surface area contributed by atoms with E-state index in [1.54, 1.807) is 0 Å². The predicted molar refractivity (Wildman–Crippen MR) is 46.0 cm³/mol. The Morgan fingerprint density at radius 1 is 1.55 bits per heavy atom. The highest BCUT2D eigenvalue weighted by Crippen LogP contribution is 2.05. The molecule has 1 amide bonds. The minimum absolute atomic E-state index is 0.0601. The van der Waals surface area contributed by atoms with E-state index < -0.39 is 0 Å². The lowest BCUT2D eigenvalue weighted by Gasteiger charge is -2.03. The highest BCUT2D eigenvalue weighted by atomic mass is 16.2. The third kappa shape index (κ3) is 9.43. The van der Waals surface area contributed by atoms with Crippen LogP contribution in [0, 0.1) is 5.92 Å². The fourth-order valence-corrected chi connectivity index (χ4v) is 0.653. The molecule has 0 aromatic heterocycles. The van der Waals surface area contributed by atoms with Crippen LogP contribution in [-0.2, 0) is 4.79 Å². The molecular weight excluding hydrogens is 142 g/mol. The summed E-state index contributed by atoms with van der Waals surface area (Å²) in [5.41, 5.74) is 5.04. The van der Waals surface area contributed by atoms with E-state index in [0.29, 0.717) is 0 Å². The molecule has 0 aliphatic heterocycles. The summed E-state index contributed by atoms with van der Waals surface area (Å²) in [6.45, 7) is 3.98. The zero-order valence-electron chi connectivity index (χ0n) is 7.63. The van der Waals surface area contributed by atoms with Crippen molar-refractivity contribution in [3.8, 4) is 0 Å². The summed E-state index contributed by atoms with van der Waals surface area (Å²) in [6, 6.07) is 0. The van der Waals surface area contributed by atoms with E-state index in [1.807, 2.05) is 6.92 Å². The number of nitrogens with two attached hydrogens (primary N) is 1. The summed E-state index contributed by atoms with van der Waals surface area (Å²) in [5.74, 6) is -0.117. The molecule has 0 fully saturated rings. The third-order valence-corrected chi connectivity index (χ3v) is 1.48. The van der Waals surface area contributed by atoms with Crippen LogP contribution in [0.15, 0.2) is 0 Å². The first-order chi connectivity index (χ1) is 5.18. The molecule has 0 saturated carbocycles. The predicted octanol–water partition coefficient (Wildman–Crippen LogP) is 0.906. The zero-order valence-corrected chi connectivity index (χ0v) is 7.63. The molecule has 68 valence electrons. The maximum absolute atomic E-state index is 10.4. The van der Waals surface area contributed by atoms with Crippen LogP contribution < -0.4 is 5.73 Å². The molecule has 0 aliphatic rings. The second-order valence-corrected chi connectivity index (χ2v) is 2.45. The summed E-state index contributed by atoms with van der Waals surface area (Å²) >= 11 is 0. The Hall–Kier alpha value is -0.570. The molecule has 3 heteroatoms. The lowest BCUT2D eigenvalue weighted by atomic mass is 10.0. The summed E-state index contributed by atoms with van der Waals surface area (Å²) in [7, 11) is 1.00. The van der Waals surface area contributed by atoms with Gasteiger partial charge in [0.1, 0.15) is 0 Å². The number of carbonyl (C=O) groups is 1. The molecule has 11 heavy (non-hydrogen) atoms. The van der Waals surface area contributed by atoms with E-state index in [0.717, 1.165) is 26.4 Å². The molecule has 0 heterocycles. The number of amides is 1. The van der Waals surface area contributed by atoms with E-state index in [-0.39, 0.29) is 11.8 Å². The Kier molecular flexibility index (Phi) is 11.2. The quantitative estimate of drug-likeness (QED) is 0.643. The fourth-order valence-electron chi connectivity index (χ4n) is 0.653. The lowest BCUT2D eigenvalue weighted by molar-refractivity contribution is -0.121. The van der Waals surface area contributed by atoms with Crippen LogP contribution in [0.1, 0.15) is 33.1 Å². The fraction of sp³-hybridized carbons (Fsp3) is 0.875. The second kappa shape index (κ2) is 9.43. The average Bonchev–Trinajstić information content (AvgIpc) is 2.03. The summed E-state index contributed by atoms with van der Waals surface area (Å²) in [4.78, 5) is 10.4. The highest BCUT2D eigenvalue weighted by Gasteiger charge is 2.05. The van der Waals surface area contributed by atoms with Gasteiger partial charge in [-0.1, -0.05) is 26.7 Å². The van der Waals surface area contributed by atoms with Crippen molar-refractivity contribution in [2.45, 2.75) is 33.1 Å². The van der Waals surface area contributed by atoms with Gasteiger partial charge in [-0.3, -0.25) is 4.79 Å². The molecule has 1 atom stereocenters. The van der Waals surface area contributed by atoms with Gasteiger partial charge in [0.2, 0.25) is 5.91 Å². The number of carbonyl (C=O) groups excluding carboxylic acids is 1. The van der Waals surface area contributed by atoms with E-state index in [1.165, 1.54) is 0 Å². The van der Waals surface area contributed by atoms with Gasteiger partial charge in [-0.05, 0) is 6.42 Å². The smallest absolute Gasteiger partial charge is 0.220 e. The van der Waals surface area contributed by atoms with Gasteiger partial charge >= 0.3 is 0 Å². The third-order valence-electron chi connectivity index (χ3n) is 1.48. The minimum Gasteiger partial charge on any atom is -0.400 e. The van der Waals surface area contributed by atoms with Crippen molar-refractivity contribution >= 4 is 5.91 Å². The summed E-state index contributed by atoms with van der Waals surface area (Å²) in [6.07, 6.45) is 3.17. The molecular formula is C8H19NO2. The molecule has 0 spiro atoms. The Morgan fingerprint density at radius 2 is 2.00 bits per heavy atom. The van der Waals surface area contributed by atoms with Crippen molar-refractivity contribution < 1.29 is 9.90 Å². The molecule has 0 aromatic rings. The van der Waals surface area contributed by atoms with Crippen molar-refractivity contribution in [2.24, 2.45) is 11.7 Å². The lowest BCUT2D eigenvalue weighted by Crippen LogP contribution is -2.20. The normalized spacial score (nSPS) is 11.3. The van der Waals surface area contributed by atoms with Gasteiger partial charge in [-0.2, -0.15) is 0 Å².